The van der Waals surface area contributed by atoms with Crippen molar-refractivity contribution in [1.82, 2.24) is 5.32 Å². The number of amides is 1. The van der Waals surface area contributed by atoms with Gasteiger partial charge in [-0.25, -0.2) is 0 Å². The maximum absolute atomic E-state index is 12.0. The van der Waals surface area contributed by atoms with Crippen molar-refractivity contribution < 1.29 is 14.7 Å². The predicted molar refractivity (Wildman–Crippen MR) is 90.3 cm³/mol. The molecule has 0 fully saturated rings. The van der Waals surface area contributed by atoms with Gasteiger partial charge in [0.05, 0.1) is 5.75 Å². The second-order valence-electron chi connectivity index (χ2n) is 6.34. The number of rotatable bonds is 8. The molecule has 0 spiro atoms. The highest BCUT2D eigenvalue weighted by Crippen LogP contribution is 2.22. The molecular formula is C17H25NO3S. The van der Waals surface area contributed by atoms with Crippen LogP contribution in [-0.2, 0) is 9.59 Å². The van der Waals surface area contributed by atoms with Crippen molar-refractivity contribution in [3.63, 3.8) is 0 Å². The third kappa shape index (κ3) is 6.98. The summed E-state index contributed by atoms with van der Waals surface area (Å²) in [7, 11) is 0. The van der Waals surface area contributed by atoms with E-state index in [2.05, 4.69) is 31.3 Å². The van der Waals surface area contributed by atoms with Crippen molar-refractivity contribution in [3.8, 4) is 0 Å². The van der Waals surface area contributed by atoms with Gasteiger partial charge in [-0.15, -0.1) is 11.8 Å². The van der Waals surface area contributed by atoms with E-state index in [4.69, 9.17) is 5.11 Å². The van der Waals surface area contributed by atoms with Crippen LogP contribution in [-0.4, -0.2) is 28.3 Å². The molecular weight excluding hydrogens is 298 g/mol. The van der Waals surface area contributed by atoms with Crippen LogP contribution in [0, 0.1) is 0 Å². The van der Waals surface area contributed by atoms with E-state index < -0.39 is 11.5 Å². The number of carbonyl (C=O) groups is 2. The van der Waals surface area contributed by atoms with E-state index in [0.29, 0.717) is 18.1 Å². The number of carboxylic acids is 1. The van der Waals surface area contributed by atoms with Crippen molar-refractivity contribution >= 4 is 23.6 Å². The van der Waals surface area contributed by atoms with Crippen LogP contribution >= 0.6 is 11.8 Å². The van der Waals surface area contributed by atoms with Gasteiger partial charge in [-0.3, -0.25) is 9.59 Å². The van der Waals surface area contributed by atoms with Crippen molar-refractivity contribution in [2.24, 2.45) is 0 Å². The normalized spacial score (nSPS) is 11.5. The van der Waals surface area contributed by atoms with E-state index in [0.717, 1.165) is 4.90 Å². The molecule has 1 amide bonds. The van der Waals surface area contributed by atoms with E-state index in [9.17, 15) is 9.59 Å². The minimum absolute atomic E-state index is 0.0527. The Labute approximate surface area is 136 Å². The Morgan fingerprint density at radius 1 is 1.23 bits per heavy atom. The first-order valence-electron chi connectivity index (χ1n) is 7.45. The van der Waals surface area contributed by atoms with Crippen molar-refractivity contribution in [1.29, 1.82) is 0 Å². The number of aliphatic carboxylic acids is 1. The Morgan fingerprint density at radius 2 is 1.82 bits per heavy atom. The highest BCUT2D eigenvalue weighted by atomic mass is 32.2. The first kappa shape index (κ1) is 18.6. The number of thioether (sulfide) groups is 1. The van der Waals surface area contributed by atoms with Gasteiger partial charge < -0.3 is 10.4 Å². The smallest absolute Gasteiger partial charge is 0.303 e. The molecule has 0 atom stereocenters. The Balaban J connectivity index is 2.43. The first-order valence-corrected chi connectivity index (χ1v) is 8.44. The van der Waals surface area contributed by atoms with Gasteiger partial charge in [-0.2, -0.15) is 0 Å². The van der Waals surface area contributed by atoms with Crippen LogP contribution in [0.25, 0.3) is 0 Å². The average molecular weight is 323 g/mol. The molecule has 1 rings (SSSR count). The van der Waals surface area contributed by atoms with E-state index in [1.54, 1.807) is 0 Å². The molecule has 4 nitrogen and oxygen atoms in total. The van der Waals surface area contributed by atoms with E-state index >= 15 is 0 Å². The lowest BCUT2D eigenvalue weighted by molar-refractivity contribution is -0.137. The summed E-state index contributed by atoms with van der Waals surface area (Å²) in [5.74, 6) is -0.0926. The second kappa shape index (κ2) is 8.22. The SMILES string of the molecule is CC(C)c1ccc(SCC(=O)NC(C)(C)CCC(=O)O)cc1. The average Bonchev–Trinajstić information content (AvgIpc) is 2.43. The Bertz CT molecular complexity index is 509. The van der Waals surface area contributed by atoms with Crippen molar-refractivity contribution in [2.45, 2.75) is 56.9 Å². The lowest BCUT2D eigenvalue weighted by Crippen LogP contribution is -2.44. The monoisotopic (exact) mass is 323 g/mol. The summed E-state index contributed by atoms with van der Waals surface area (Å²) in [5, 5.41) is 11.6. The van der Waals surface area contributed by atoms with Crippen LogP contribution in [0.15, 0.2) is 29.2 Å². The molecule has 0 aliphatic heterocycles. The van der Waals surface area contributed by atoms with Gasteiger partial charge in [0.25, 0.3) is 0 Å². The minimum atomic E-state index is -0.845. The molecule has 2 N–H and O–H groups in total. The van der Waals surface area contributed by atoms with Gasteiger partial charge in [-0.05, 0) is 43.9 Å². The fourth-order valence-electron chi connectivity index (χ4n) is 1.99. The lowest BCUT2D eigenvalue weighted by atomic mass is 9.98. The zero-order chi connectivity index (χ0) is 16.8. The first-order chi connectivity index (χ1) is 10.2. The summed E-state index contributed by atoms with van der Waals surface area (Å²) in [4.78, 5) is 23.6. The molecule has 122 valence electrons. The molecule has 0 saturated carbocycles. The van der Waals surface area contributed by atoms with Crippen LogP contribution < -0.4 is 5.32 Å². The van der Waals surface area contributed by atoms with Gasteiger partial charge in [0.1, 0.15) is 0 Å². The molecule has 0 bridgehead atoms. The summed E-state index contributed by atoms with van der Waals surface area (Å²) >= 11 is 1.49. The predicted octanol–water partition coefficient (Wildman–Crippen LogP) is 3.66. The lowest BCUT2D eigenvalue weighted by Gasteiger charge is -2.25. The molecule has 0 radical (unpaired) electrons. The zero-order valence-electron chi connectivity index (χ0n) is 13.7. The summed E-state index contributed by atoms with van der Waals surface area (Å²) in [6, 6.07) is 8.23. The molecule has 1 aromatic carbocycles. The zero-order valence-corrected chi connectivity index (χ0v) is 14.5. The molecule has 5 heteroatoms. The molecule has 0 saturated heterocycles. The summed E-state index contributed by atoms with van der Waals surface area (Å²) < 4.78 is 0. The van der Waals surface area contributed by atoms with Gasteiger partial charge in [0, 0.05) is 16.9 Å². The fourth-order valence-corrected chi connectivity index (χ4v) is 2.69. The Kier molecular flexibility index (Phi) is 6.94. The van der Waals surface area contributed by atoms with Crippen LogP contribution in [0.3, 0.4) is 0 Å². The number of benzene rings is 1. The van der Waals surface area contributed by atoms with E-state index in [1.807, 2.05) is 26.0 Å². The number of hydrogen-bond donors (Lipinski definition) is 2. The van der Waals surface area contributed by atoms with Gasteiger partial charge >= 0.3 is 5.97 Å². The van der Waals surface area contributed by atoms with E-state index in [-0.39, 0.29) is 12.3 Å². The molecule has 0 aromatic heterocycles. The molecule has 0 aliphatic rings. The maximum atomic E-state index is 12.0. The highest BCUT2D eigenvalue weighted by molar-refractivity contribution is 8.00. The largest absolute Gasteiger partial charge is 0.481 e. The third-order valence-electron chi connectivity index (χ3n) is 3.36. The quantitative estimate of drug-likeness (QED) is 0.717. The number of carbonyl (C=O) groups excluding carboxylic acids is 1. The van der Waals surface area contributed by atoms with Gasteiger partial charge in [0.2, 0.25) is 5.91 Å². The summed E-state index contributed by atoms with van der Waals surface area (Å²) in [6.07, 6.45) is 0.471. The maximum Gasteiger partial charge on any atom is 0.303 e. The highest BCUT2D eigenvalue weighted by Gasteiger charge is 2.21. The second-order valence-corrected chi connectivity index (χ2v) is 7.39. The van der Waals surface area contributed by atoms with Crippen molar-refractivity contribution in [3.05, 3.63) is 29.8 Å². The van der Waals surface area contributed by atoms with Crippen LogP contribution in [0.5, 0.6) is 0 Å². The molecule has 22 heavy (non-hydrogen) atoms. The number of hydrogen-bond acceptors (Lipinski definition) is 3. The standard InChI is InChI=1S/C17H25NO3S/c1-12(2)13-5-7-14(8-6-13)22-11-15(19)18-17(3,4)10-9-16(20)21/h5-8,12H,9-11H2,1-4H3,(H,18,19)(H,20,21). The van der Waals surface area contributed by atoms with Crippen LogP contribution in [0.2, 0.25) is 0 Å². The fraction of sp³-hybridized carbons (Fsp3) is 0.529. The topological polar surface area (TPSA) is 66.4 Å². The minimum Gasteiger partial charge on any atom is -0.481 e. The molecule has 1 aromatic rings. The van der Waals surface area contributed by atoms with Gasteiger partial charge in [-0.1, -0.05) is 26.0 Å². The van der Waals surface area contributed by atoms with Gasteiger partial charge in [0.15, 0.2) is 0 Å². The third-order valence-corrected chi connectivity index (χ3v) is 4.37. The Morgan fingerprint density at radius 3 is 2.32 bits per heavy atom. The summed E-state index contributed by atoms with van der Waals surface area (Å²) in [6.45, 7) is 7.98. The van der Waals surface area contributed by atoms with E-state index in [1.165, 1.54) is 17.3 Å². The number of nitrogens with one attached hydrogen (secondary N) is 1. The van der Waals surface area contributed by atoms with Crippen LogP contribution in [0.4, 0.5) is 0 Å². The van der Waals surface area contributed by atoms with Crippen LogP contribution in [0.1, 0.15) is 52.0 Å². The Hall–Kier alpha value is -1.49. The number of carboxylic acid groups (broad SMARTS) is 1. The molecule has 0 unspecified atom stereocenters. The van der Waals surface area contributed by atoms with Crippen molar-refractivity contribution in [2.75, 3.05) is 5.75 Å². The molecule has 0 aliphatic carbocycles. The summed E-state index contributed by atoms with van der Waals surface area (Å²) in [5.41, 5.74) is 0.779. The molecule has 0 heterocycles.